The van der Waals surface area contributed by atoms with Gasteiger partial charge in [0.25, 0.3) is 5.91 Å². The van der Waals surface area contributed by atoms with Gasteiger partial charge in [-0.2, -0.15) is 0 Å². The smallest absolute Gasteiger partial charge is 0.273 e. The molecule has 2 heterocycles. The number of anilines is 1. The third kappa shape index (κ3) is 2.30. The summed E-state index contributed by atoms with van der Waals surface area (Å²) in [4.78, 5) is 18.6. The summed E-state index contributed by atoms with van der Waals surface area (Å²) in [7, 11) is 0. The standard InChI is InChI=1S/C11H10BrN3O/c1-7-5-10(14-6-8(7)12)15-11(16)9-3-2-4-13-9/h2-6,13H,1H3,(H,14,15,16). The number of nitrogens with zero attached hydrogens (tertiary/aromatic N) is 1. The van der Waals surface area contributed by atoms with Crippen LogP contribution in [0.2, 0.25) is 0 Å². The number of aryl methyl sites for hydroxylation is 1. The molecule has 2 aromatic rings. The number of H-pyrrole nitrogens is 1. The first-order valence-electron chi connectivity index (χ1n) is 4.73. The lowest BCUT2D eigenvalue weighted by Gasteiger charge is -2.04. The lowest BCUT2D eigenvalue weighted by molar-refractivity contribution is 0.102. The van der Waals surface area contributed by atoms with Crippen LogP contribution < -0.4 is 5.32 Å². The van der Waals surface area contributed by atoms with Crippen LogP contribution in [0.1, 0.15) is 16.1 Å². The molecule has 0 bridgehead atoms. The van der Waals surface area contributed by atoms with Gasteiger partial charge in [0.2, 0.25) is 0 Å². The Kier molecular flexibility index (Phi) is 3.05. The average molecular weight is 280 g/mol. The van der Waals surface area contributed by atoms with Gasteiger partial charge in [-0.1, -0.05) is 0 Å². The Morgan fingerprint density at radius 1 is 1.56 bits per heavy atom. The zero-order valence-electron chi connectivity index (χ0n) is 8.62. The van der Waals surface area contributed by atoms with E-state index in [-0.39, 0.29) is 5.91 Å². The molecule has 5 heteroatoms. The summed E-state index contributed by atoms with van der Waals surface area (Å²) >= 11 is 3.35. The molecule has 4 nitrogen and oxygen atoms in total. The number of carbonyl (C=O) groups is 1. The van der Waals surface area contributed by atoms with Crippen molar-refractivity contribution >= 4 is 27.7 Å². The highest BCUT2D eigenvalue weighted by molar-refractivity contribution is 9.10. The Morgan fingerprint density at radius 3 is 3.00 bits per heavy atom. The molecule has 0 saturated heterocycles. The summed E-state index contributed by atoms with van der Waals surface area (Å²) in [6.45, 7) is 1.94. The molecule has 1 amide bonds. The molecule has 0 saturated carbocycles. The van der Waals surface area contributed by atoms with E-state index in [0.717, 1.165) is 10.0 Å². The molecule has 0 unspecified atom stereocenters. The summed E-state index contributed by atoms with van der Waals surface area (Å²) < 4.78 is 0.922. The zero-order valence-corrected chi connectivity index (χ0v) is 10.2. The number of rotatable bonds is 2. The van der Waals surface area contributed by atoms with Gasteiger partial charge in [-0.25, -0.2) is 4.98 Å². The molecular formula is C11H10BrN3O. The van der Waals surface area contributed by atoms with Crippen molar-refractivity contribution in [2.45, 2.75) is 6.92 Å². The second-order valence-electron chi connectivity index (χ2n) is 3.36. The van der Waals surface area contributed by atoms with Crippen molar-refractivity contribution in [2.75, 3.05) is 5.32 Å². The van der Waals surface area contributed by atoms with Crippen LogP contribution in [0.25, 0.3) is 0 Å². The summed E-state index contributed by atoms with van der Waals surface area (Å²) in [5, 5.41) is 2.71. The van der Waals surface area contributed by atoms with Crippen molar-refractivity contribution in [3.05, 3.63) is 46.3 Å². The fourth-order valence-corrected chi connectivity index (χ4v) is 1.48. The Labute approximate surface area is 101 Å². The lowest BCUT2D eigenvalue weighted by Crippen LogP contribution is -2.13. The highest BCUT2D eigenvalue weighted by atomic mass is 79.9. The number of hydrogen-bond acceptors (Lipinski definition) is 2. The zero-order chi connectivity index (χ0) is 11.5. The van der Waals surface area contributed by atoms with E-state index < -0.39 is 0 Å². The maximum Gasteiger partial charge on any atom is 0.273 e. The molecule has 2 aromatic heterocycles. The number of pyridine rings is 1. The highest BCUT2D eigenvalue weighted by Crippen LogP contribution is 2.17. The third-order valence-corrected chi connectivity index (χ3v) is 2.96. The van der Waals surface area contributed by atoms with E-state index in [4.69, 9.17) is 0 Å². The van der Waals surface area contributed by atoms with E-state index in [2.05, 4.69) is 31.2 Å². The largest absolute Gasteiger partial charge is 0.357 e. The maximum atomic E-state index is 11.7. The molecule has 2 N–H and O–H groups in total. The first-order chi connectivity index (χ1) is 7.66. The Hall–Kier alpha value is -1.62. The second kappa shape index (κ2) is 4.49. The Morgan fingerprint density at radius 2 is 2.38 bits per heavy atom. The fraction of sp³-hybridized carbons (Fsp3) is 0.0909. The van der Waals surface area contributed by atoms with E-state index in [0.29, 0.717) is 11.5 Å². The summed E-state index contributed by atoms with van der Waals surface area (Å²) in [5.74, 6) is 0.347. The molecule has 0 aromatic carbocycles. The number of aromatic nitrogens is 2. The minimum Gasteiger partial charge on any atom is -0.357 e. The predicted octanol–water partition coefficient (Wildman–Crippen LogP) is 2.73. The predicted molar refractivity (Wildman–Crippen MR) is 65.4 cm³/mol. The lowest BCUT2D eigenvalue weighted by atomic mass is 10.3. The van der Waals surface area contributed by atoms with Gasteiger partial charge in [-0.15, -0.1) is 0 Å². The normalized spacial score (nSPS) is 10.1. The summed E-state index contributed by atoms with van der Waals surface area (Å²) in [6, 6.07) is 5.29. The molecule has 0 aliphatic carbocycles. The van der Waals surface area contributed by atoms with E-state index in [9.17, 15) is 4.79 Å². The number of aromatic amines is 1. The van der Waals surface area contributed by atoms with Crippen molar-refractivity contribution < 1.29 is 4.79 Å². The van der Waals surface area contributed by atoms with Gasteiger partial charge in [0.15, 0.2) is 0 Å². The third-order valence-electron chi connectivity index (χ3n) is 2.13. The summed E-state index contributed by atoms with van der Waals surface area (Å²) in [6.07, 6.45) is 3.37. The molecule has 16 heavy (non-hydrogen) atoms. The second-order valence-corrected chi connectivity index (χ2v) is 4.21. The Bertz CT molecular complexity index is 508. The van der Waals surface area contributed by atoms with Gasteiger partial charge < -0.3 is 10.3 Å². The van der Waals surface area contributed by atoms with Crippen LogP contribution in [0.4, 0.5) is 5.82 Å². The number of hydrogen-bond donors (Lipinski definition) is 2. The van der Waals surface area contributed by atoms with Crippen LogP contribution in [-0.2, 0) is 0 Å². The summed E-state index contributed by atoms with van der Waals surface area (Å²) in [5.41, 5.74) is 1.54. The van der Waals surface area contributed by atoms with E-state index in [1.54, 1.807) is 24.5 Å². The van der Waals surface area contributed by atoms with E-state index in [1.807, 2.05) is 13.0 Å². The van der Waals surface area contributed by atoms with E-state index >= 15 is 0 Å². The number of amides is 1. The first-order valence-corrected chi connectivity index (χ1v) is 5.53. The van der Waals surface area contributed by atoms with Crippen molar-refractivity contribution in [1.82, 2.24) is 9.97 Å². The van der Waals surface area contributed by atoms with Crippen molar-refractivity contribution in [1.29, 1.82) is 0 Å². The highest BCUT2D eigenvalue weighted by Gasteiger charge is 2.07. The molecule has 0 spiro atoms. The van der Waals surface area contributed by atoms with Crippen LogP contribution in [0.3, 0.4) is 0 Å². The topological polar surface area (TPSA) is 57.8 Å². The molecule has 0 aliphatic heterocycles. The number of nitrogens with one attached hydrogen (secondary N) is 2. The minimum atomic E-state index is -0.195. The molecule has 82 valence electrons. The number of carbonyl (C=O) groups excluding carboxylic acids is 1. The van der Waals surface area contributed by atoms with Crippen LogP contribution in [0, 0.1) is 6.92 Å². The van der Waals surface area contributed by atoms with Gasteiger partial charge in [0.1, 0.15) is 11.5 Å². The van der Waals surface area contributed by atoms with Gasteiger partial charge in [0, 0.05) is 16.9 Å². The molecule has 2 rings (SSSR count). The van der Waals surface area contributed by atoms with Crippen molar-refractivity contribution in [2.24, 2.45) is 0 Å². The van der Waals surface area contributed by atoms with Crippen LogP contribution in [-0.4, -0.2) is 15.9 Å². The molecule has 0 atom stereocenters. The van der Waals surface area contributed by atoms with Gasteiger partial charge in [0.05, 0.1) is 0 Å². The van der Waals surface area contributed by atoms with Gasteiger partial charge in [-0.3, -0.25) is 4.79 Å². The fourth-order valence-electron chi connectivity index (χ4n) is 1.26. The Balaban J connectivity index is 2.15. The van der Waals surface area contributed by atoms with E-state index in [1.165, 1.54) is 0 Å². The first kappa shape index (κ1) is 10.9. The quantitative estimate of drug-likeness (QED) is 0.888. The molecule has 0 radical (unpaired) electrons. The van der Waals surface area contributed by atoms with Gasteiger partial charge >= 0.3 is 0 Å². The number of halogens is 1. The molecule has 0 aliphatic rings. The monoisotopic (exact) mass is 279 g/mol. The van der Waals surface area contributed by atoms with Crippen molar-refractivity contribution in [3.63, 3.8) is 0 Å². The SMILES string of the molecule is Cc1cc(NC(=O)c2ccc[nH]2)ncc1Br. The maximum absolute atomic E-state index is 11.7. The molecule has 0 fully saturated rings. The molecular weight excluding hydrogens is 270 g/mol. The van der Waals surface area contributed by atoms with Crippen LogP contribution >= 0.6 is 15.9 Å². The van der Waals surface area contributed by atoms with Gasteiger partial charge in [-0.05, 0) is 46.6 Å². The van der Waals surface area contributed by atoms with Crippen LogP contribution in [0.5, 0.6) is 0 Å². The van der Waals surface area contributed by atoms with Crippen molar-refractivity contribution in [3.8, 4) is 0 Å². The minimum absolute atomic E-state index is 0.195. The van der Waals surface area contributed by atoms with Crippen LogP contribution in [0.15, 0.2) is 35.1 Å². The average Bonchev–Trinajstić information content (AvgIpc) is 2.77.